The highest BCUT2D eigenvalue weighted by Crippen LogP contribution is 2.38. The second kappa shape index (κ2) is 8.02. The number of imidazole rings is 1. The number of fused-ring (bicyclic) bond motifs is 1. The van der Waals surface area contributed by atoms with Crippen LogP contribution in [0.25, 0.3) is 22.0 Å². The lowest BCUT2D eigenvalue weighted by Crippen LogP contribution is -2.25. The van der Waals surface area contributed by atoms with Gasteiger partial charge in [-0.05, 0) is 31.5 Å². The number of nitrogens with zero attached hydrogens (tertiary/aromatic N) is 2. The summed E-state index contributed by atoms with van der Waals surface area (Å²) in [6, 6.07) is 5.81. The van der Waals surface area contributed by atoms with E-state index in [9.17, 15) is 4.79 Å². The predicted octanol–water partition coefficient (Wildman–Crippen LogP) is 3.70. The first-order valence-corrected chi connectivity index (χ1v) is 10.2. The van der Waals surface area contributed by atoms with E-state index in [-0.39, 0.29) is 12.7 Å². The quantitative estimate of drug-likeness (QED) is 0.633. The topological polar surface area (TPSA) is 89.1 Å². The van der Waals surface area contributed by atoms with Crippen LogP contribution >= 0.6 is 11.3 Å². The molecular weight excluding hydrogens is 376 g/mol. The summed E-state index contributed by atoms with van der Waals surface area (Å²) in [5.74, 6) is 2.34. The van der Waals surface area contributed by atoms with Gasteiger partial charge in [0.2, 0.25) is 12.7 Å². The van der Waals surface area contributed by atoms with Crippen LogP contribution in [-0.2, 0) is 11.2 Å². The minimum absolute atomic E-state index is 0.0702. The molecule has 1 aliphatic heterocycles. The molecule has 8 heteroatoms. The molecule has 28 heavy (non-hydrogen) atoms. The van der Waals surface area contributed by atoms with Gasteiger partial charge in [-0.3, -0.25) is 4.79 Å². The van der Waals surface area contributed by atoms with Gasteiger partial charge in [-0.25, -0.2) is 9.97 Å². The van der Waals surface area contributed by atoms with E-state index in [0.717, 1.165) is 51.4 Å². The number of ether oxygens (including phenoxy) is 2. The molecule has 2 N–H and O–H groups in total. The number of carbonyl (C=O) groups is 1. The molecule has 146 valence electrons. The fraction of sp³-hybridized carbons (Fsp3) is 0.350. The first kappa shape index (κ1) is 18.5. The molecule has 1 amide bonds. The van der Waals surface area contributed by atoms with Gasteiger partial charge < -0.3 is 19.8 Å². The van der Waals surface area contributed by atoms with Crippen molar-refractivity contribution in [2.45, 2.75) is 33.1 Å². The Morgan fingerprint density at radius 3 is 2.93 bits per heavy atom. The molecule has 3 heterocycles. The number of aromatic amines is 1. The molecule has 0 aliphatic carbocycles. The van der Waals surface area contributed by atoms with Crippen LogP contribution in [0.3, 0.4) is 0 Å². The van der Waals surface area contributed by atoms with Gasteiger partial charge in [0.1, 0.15) is 16.5 Å². The Kier molecular flexibility index (Phi) is 5.29. The van der Waals surface area contributed by atoms with Crippen LogP contribution in [0.1, 0.15) is 31.3 Å². The van der Waals surface area contributed by atoms with Gasteiger partial charge >= 0.3 is 0 Å². The number of thiazole rings is 1. The molecule has 0 atom stereocenters. The van der Waals surface area contributed by atoms with E-state index in [1.54, 1.807) is 11.3 Å². The molecule has 0 unspecified atom stereocenters. The van der Waals surface area contributed by atoms with Crippen molar-refractivity contribution < 1.29 is 14.3 Å². The minimum Gasteiger partial charge on any atom is -0.454 e. The summed E-state index contributed by atoms with van der Waals surface area (Å²) in [5, 5.41) is 5.84. The highest BCUT2D eigenvalue weighted by Gasteiger charge is 2.20. The number of carbonyl (C=O) groups excluding carboxylic acids is 1. The van der Waals surface area contributed by atoms with Crippen molar-refractivity contribution >= 4 is 17.2 Å². The maximum atomic E-state index is 11.7. The van der Waals surface area contributed by atoms with Gasteiger partial charge in [0, 0.05) is 36.0 Å². The molecule has 0 spiro atoms. The maximum Gasteiger partial charge on any atom is 0.231 e. The number of hydrogen-bond acceptors (Lipinski definition) is 6. The molecule has 1 aromatic carbocycles. The van der Waals surface area contributed by atoms with Gasteiger partial charge in [-0.1, -0.05) is 6.92 Å². The third-order valence-corrected chi connectivity index (χ3v) is 5.37. The van der Waals surface area contributed by atoms with E-state index in [1.807, 2.05) is 37.4 Å². The lowest BCUT2D eigenvalue weighted by Gasteiger charge is -2.02. The lowest BCUT2D eigenvalue weighted by molar-refractivity contribution is -0.121. The Morgan fingerprint density at radius 1 is 1.29 bits per heavy atom. The van der Waals surface area contributed by atoms with Crippen LogP contribution in [0.15, 0.2) is 23.6 Å². The predicted molar refractivity (Wildman–Crippen MR) is 108 cm³/mol. The number of aromatic nitrogens is 3. The molecule has 2 aromatic heterocycles. The van der Waals surface area contributed by atoms with E-state index in [1.165, 1.54) is 0 Å². The summed E-state index contributed by atoms with van der Waals surface area (Å²) < 4.78 is 10.9. The molecule has 3 aromatic rings. The average Bonchev–Trinajstić information content (AvgIpc) is 3.40. The summed E-state index contributed by atoms with van der Waals surface area (Å²) in [4.78, 5) is 24.5. The molecule has 0 radical (unpaired) electrons. The molecule has 0 bridgehead atoms. The summed E-state index contributed by atoms with van der Waals surface area (Å²) >= 11 is 1.58. The highest BCUT2D eigenvalue weighted by molar-refractivity contribution is 7.13. The van der Waals surface area contributed by atoms with E-state index in [0.29, 0.717) is 19.4 Å². The summed E-state index contributed by atoms with van der Waals surface area (Å²) in [7, 11) is 0. The Hall–Kier alpha value is -2.87. The lowest BCUT2D eigenvalue weighted by atomic mass is 10.1. The minimum atomic E-state index is 0.0702. The van der Waals surface area contributed by atoms with Crippen molar-refractivity contribution in [2.75, 3.05) is 13.3 Å². The van der Waals surface area contributed by atoms with Crippen molar-refractivity contribution in [3.8, 4) is 33.5 Å². The van der Waals surface area contributed by atoms with E-state index in [2.05, 4.69) is 15.3 Å². The second-order valence-corrected chi connectivity index (χ2v) is 7.48. The number of hydrogen-bond donors (Lipinski definition) is 2. The summed E-state index contributed by atoms with van der Waals surface area (Å²) in [6.45, 7) is 4.75. The fourth-order valence-corrected chi connectivity index (χ4v) is 3.85. The molecule has 0 fully saturated rings. The van der Waals surface area contributed by atoms with Gasteiger partial charge in [-0.15, -0.1) is 11.3 Å². The zero-order valence-corrected chi connectivity index (χ0v) is 16.7. The number of amides is 1. The zero-order chi connectivity index (χ0) is 19.5. The number of rotatable bonds is 7. The number of benzene rings is 1. The van der Waals surface area contributed by atoms with Crippen LogP contribution in [0.2, 0.25) is 0 Å². The summed E-state index contributed by atoms with van der Waals surface area (Å²) in [6.07, 6.45) is 2.01. The van der Waals surface area contributed by atoms with Crippen LogP contribution in [0.4, 0.5) is 0 Å². The summed E-state index contributed by atoms with van der Waals surface area (Å²) in [5.41, 5.74) is 3.61. The van der Waals surface area contributed by atoms with Crippen molar-refractivity contribution in [1.29, 1.82) is 0 Å². The Morgan fingerprint density at radius 2 is 2.14 bits per heavy atom. The van der Waals surface area contributed by atoms with Crippen LogP contribution in [0.5, 0.6) is 11.5 Å². The van der Waals surface area contributed by atoms with Crippen molar-refractivity contribution in [3.05, 3.63) is 35.1 Å². The highest BCUT2D eigenvalue weighted by atomic mass is 32.1. The van der Waals surface area contributed by atoms with E-state index in [4.69, 9.17) is 14.5 Å². The maximum absolute atomic E-state index is 11.7. The Labute approximate surface area is 167 Å². The van der Waals surface area contributed by atoms with Crippen LogP contribution in [-0.4, -0.2) is 34.2 Å². The smallest absolute Gasteiger partial charge is 0.231 e. The SMILES string of the molecule is CCCC(=O)NCCc1nc(-c2ccc3c(c2)OCO3)c(-c2nc(C)cs2)[nH]1. The van der Waals surface area contributed by atoms with Crippen molar-refractivity contribution in [2.24, 2.45) is 0 Å². The molecular formula is C20H22N4O3S. The molecule has 1 aliphatic rings. The van der Waals surface area contributed by atoms with Gasteiger partial charge in [0.05, 0.1) is 5.69 Å². The number of nitrogens with one attached hydrogen (secondary N) is 2. The normalized spacial score (nSPS) is 12.4. The van der Waals surface area contributed by atoms with Gasteiger partial charge in [0.15, 0.2) is 11.5 Å². The molecule has 0 saturated carbocycles. The zero-order valence-electron chi connectivity index (χ0n) is 15.9. The van der Waals surface area contributed by atoms with Crippen LogP contribution in [0, 0.1) is 6.92 Å². The van der Waals surface area contributed by atoms with Crippen LogP contribution < -0.4 is 14.8 Å². The first-order valence-electron chi connectivity index (χ1n) is 9.32. The van der Waals surface area contributed by atoms with Crippen molar-refractivity contribution in [1.82, 2.24) is 20.3 Å². The van der Waals surface area contributed by atoms with E-state index < -0.39 is 0 Å². The first-order chi connectivity index (χ1) is 13.6. The molecule has 7 nitrogen and oxygen atoms in total. The standard InChI is InChI=1S/C20H22N4O3S/c1-3-4-17(25)21-8-7-16-23-18(19(24-16)20-22-12(2)10-28-20)13-5-6-14-15(9-13)27-11-26-14/h5-6,9-10H,3-4,7-8,11H2,1-2H3,(H,21,25)(H,23,24). The van der Waals surface area contributed by atoms with Crippen molar-refractivity contribution in [3.63, 3.8) is 0 Å². The van der Waals surface area contributed by atoms with Gasteiger partial charge in [0.25, 0.3) is 0 Å². The molecule has 0 saturated heterocycles. The largest absolute Gasteiger partial charge is 0.454 e. The monoisotopic (exact) mass is 398 g/mol. The van der Waals surface area contributed by atoms with E-state index >= 15 is 0 Å². The Balaban J connectivity index is 1.62. The van der Waals surface area contributed by atoms with Gasteiger partial charge in [-0.2, -0.15) is 0 Å². The third-order valence-electron chi connectivity index (χ3n) is 4.39. The number of H-pyrrole nitrogens is 1. The fourth-order valence-electron chi connectivity index (χ4n) is 3.05. The molecule has 4 rings (SSSR count). The average molecular weight is 398 g/mol. The Bertz CT molecular complexity index is 995. The second-order valence-electron chi connectivity index (χ2n) is 6.62. The third kappa shape index (κ3) is 3.87. The number of aryl methyl sites for hydroxylation is 1.